The van der Waals surface area contributed by atoms with Crippen LogP contribution in [0.3, 0.4) is 0 Å². The van der Waals surface area contributed by atoms with Gasteiger partial charge in [0.05, 0.1) is 19.8 Å². The summed E-state index contributed by atoms with van der Waals surface area (Å²) in [5.74, 6) is 3.25. The van der Waals surface area contributed by atoms with Gasteiger partial charge >= 0.3 is 0 Å². The Morgan fingerprint density at radius 3 is 2.75 bits per heavy atom. The molecule has 0 saturated heterocycles. The van der Waals surface area contributed by atoms with E-state index in [0.717, 1.165) is 11.3 Å². The molecule has 0 radical (unpaired) electrons. The number of aliphatic hydroxyl groups is 1. The second-order valence-corrected chi connectivity index (χ2v) is 3.63. The molecule has 0 fully saturated rings. The van der Waals surface area contributed by atoms with Crippen molar-refractivity contribution in [2.75, 3.05) is 25.6 Å². The van der Waals surface area contributed by atoms with Crippen LogP contribution in [0.1, 0.15) is 18.6 Å². The number of nitrogens with zero attached hydrogens (tertiary/aromatic N) is 1. The van der Waals surface area contributed by atoms with Crippen LogP contribution in [0.4, 0.5) is 5.69 Å². The Morgan fingerprint density at radius 1 is 1.56 bits per heavy atom. The number of terminal acetylenes is 1. The third-order valence-electron chi connectivity index (χ3n) is 2.42. The average Bonchev–Trinajstić information content (AvgIpc) is 2.28. The predicted molar refractivity (Wildman–Crippen MR) is 65.7 cm³/mol. The van der Waals surface area contributed by atoms with E-state index in [1.165, 1.54) is 0 Å². The fourth-order valence-electron chi connectivity index (χ4n) is 1.69. The highest BCUT2D eigenvalue weighted by Gasteiger charge is 2.16. The lowest BCUT2D eigenvalue weighted by atomic mass is 10.1. The summed E-state index contributed by atoms with van der Waals surface area (Å²) in [6.07, 6.45) is 4.69. The van der Waals surface area contributed by atoms with Crippen LogP contribution in [-0.2, 0) is 0 Å². The van der Waals surface area contributed by atoms with E-state index >= 15 is 0 Å². The fraction of sp³-hybridized carbons (Fsp3) is 0.385. The monoisotopic (exact) mass is 219 g/mol. The van der Waals surface area contributed by atoms with Crippen LogP contribution in [0, 0.1) is 12.3 Å². The van der Waals surface area contributed by atoms with Crippen molar-refractivity contribution < 1.29 is 9.84 Å². The molecule has 0 amide bonds. The second-order valence-electron chi connectivity index (χ2n) is 3.63. The van der Waals surface area contributed by atoms with Crippen molar-refractivity contribution in [1.82, 2.24) is 0 Å². The van der Waals surface area contributed by atoms with Crippen LogP contribution in [0.15, 0.2) is 18.2 Å². The summed E-state index contributed by atoms with van der Waals surface area (Å²) in [4.78, 5) is 1.91. The zero-order chi connectivity index (χ0) is 12.1. The van der Waals surface area contributed by atoms with Crippen LogP contribution in [-0.4, -0.2) is 25.8 Å². The lowest BCUT2D eigenvalue weighted by molar-refractivity contribution is 0.194. The summed E-state index contributed by atoms with van der Waals surface area (Å²) in [6.45, 7) is 2.21. The standard InChI is InChI=1S/C13H17NO2/c1-5-9-14(3)11-7-6-8-12(16-4)13(11)10(2)15/h1,6-8,10,15H,9H2,2-4H3/t10-/m0/s1. The third-order valence-corrected chi connectivity index (χ3v) is 2.42. The number of ether oxygens (including phenoxy) is 1. The van der Waals surface area contributed by atoms with Crippen molar-refractivity contribution in [2.24, 2.45) is 0 Å². The summed E-state index contributed by atoms with van der Waals surface area (Å²) in [7, 11) is 3.48. The molecule has 0 saturated carbocycles. The van der Waals surface area contributed by atoms with Crippen LogP contribution < -0.4 is 9.64 Å². The van der Waals surface area contributed by atoms with Crippen molar-refractivity contribution in [3.8, 4) is 18.1 Å². The number of hydrogen-bond donors (Lipinski definition) is 1. The van der Waals surface area contributed by atoms with E-state index < -0.39 is 6.10 Å². The molecule has 0 aromatic heterocycles. The van der Waals surface area contributed by atoms with Crippen LogP contribution in [0.5, 0.6) is 5.75 Å². The molecule has 1 atom stereocenters. The van der Waals surface area contributed by atoms with Crippen molar-refractivity contribution in [3.63, 3.8) is 0 Å². The summed E-state index contributed by atoms with van der Waals surface area (Å²) in [6, 6.07) is 5.63. The minimum Gasteiger partial charge on any atom is -0.496 e. The molecule has 0 bridgehead atoms. The molecule has 0 aliphatic carbocycles. The SMILES string of the molecule is C#CCN(C)c1cccc(OC)c1[C@H](C)O. The number of rotatable bonds is 4. The Bertz CT molecular complexity index is 393. The average molecular weight is 219 g/mol. The van der Waals surface area contributed by atoms with Crippen molar-refractivity contribution in [2.45, 2.75) is 13.0 Å². The maximum atomic E-state index is 9.78. The Morgan fingerprint density at radius 2 is 2.25 bits per heavy atom. The number of anilines is 1. The Balaban J connectivity index is 3.22. The molecule has 1 N–H and O–H groups in total. The van der Waals surface area contributed by atoms with Gasteiger partial charge in [-0.15, -0.1) is 6.42 Å². The molecule has 3 heteroatoms. The first-order valence-corrected chi connectivity index (χ1v) is 5.11. The Hall–Kier alpha value is -1.66. The van der Waals surface area contributed by atoms with Crippen LogP contribution in [0.2, 0.25) is 0 Å². The Labute approximate surface area is 96.7 Å². The Kier molecular flexibility index (Phi) is 4.21. The lowest BCUT2D eigenvalue weighted by Gasteiger charge is -2.23. The number of methoxy groups -OCH3 is 1. The lowest BCUT2D eigenvalue weighted by Crippen LogP contribution is -2.19. The fourth-order valence-corrected chi connectivity index (χ4v) is 1.69. The molecular formula is C13H17NO2. The largest absolute Gasteiger partial charge is 0.496 e. The third kappa shape index (κ3) is 2.47. The van der Waals surface area contributed by atoms with Crippen LogP contribution >= 0.6 is 0 Å². The molecule has 1 rings (SSSR count). The number of aliphatic hydroxyl groups excluding tert-OH is 1. The molecule has 0 aliphatic rings. The zero-order valence-electron chi connectivity index (χ0n) is 9.90. The quantitative estimate of drug-likeness (QED) is 0.784. The van der Waals surface area contributed by atoms with Gasteiger partial charge in [-0.05, 0) is 19.1 Å². The van der Waals surface area contributed by atoms with E-state index in [1.807, 2.05) is 30.1 Å². The van der Waals surface area contributed by atoms with E-state index in [4.69, 9.17) is 11.2 Å². The van der Waals surface area contributed by atoms with E-state index in [-0.39, 0.29) is 0 Å². The normalized spacial score (nSPS) is 11.7. The van der Waals surface area contributed by atoms with Gasteiger partial charge in [0.15, 0.2) is 0 Å². The van der Waals surface area contributed by atoms with Gasteiger partial charge < -0.3 is 14.7 Å². The van der Waals surface area contributed by atoms with Crippen molar-refractivity contribution in [1.29, 1.82) is 0 Å². The van der Waals surface area contributed by atoms with Gasteiger partial charge in [-0.3, -0.25) is 0 Å². The van der Waals surface area contributed by atoms with Gasteiger partial charge in [0, 0.05) is 18.3 Å². The zero-order valence-corrected chi connectivity index (χ0v) is 9.90. The molecule has 3 nitrogen and oxygen atoms in total. The minimum atomic E-state index is -0.591. The predicted octanol–water partition coefficient (Wildman–Crippen LogP) is 1.82. The molecule has 1 aromatic rings. The van der Waals surface area contributed by atoms with Gasteiger partial charge in [0.25, 0.3) is 0 Å². The summed E-state index contributed by atoms with van der Waals surface area (Å²) in [5, 5.41) is 9.78. The van der Waals surface area contributed by atoms with Crippen molar-refractivity contribution in [3.05, 3.63) is 23.8 Å². The van der Waals surface area contributed by atoms with Gasteiger partial charge in [-0.25, -0.2) is 0 Å². The van der Waals surface area contributed by atoms with E-state index in [2.05, 4.69) is 5.92 Å². The number of benzene rings is 1. The van der Waals surface area contributed by atoms with Crippen molar-refractivity contribution >= 4 is 5.69 Å². The first-order valence-electron chi connectivity index (χ1n) is 5.11. The maximum absolute atomic E-state index is 9.78. The molecule has 0 heterocycles. The summed E-state index contributed by atoms with van der Waals surface area (Å²) >= 11 is 0. The van der Waals surface area contributed by atoms with E-state index in [0.29, 0.717) is 12.3 Å². The molecule has 1 aromatic carbocycles. The molecule has 86 valence electrons. The topological polar surface area (TPSA) is 32.7 Å². The minimum absolute atomic E-state index is 0.493. The summed E-state index contributed by atoms with van der Waals surface area (Å²) in [5.41, 5.74) is 1.66. The molecule has 0 spiro atoms. The first kappa shape index (κ1) is 12.4. The van der Waals surface area contributed by atoms with Gasteiger partial charge in [0.2, 0.25) is 0 Å². The van der Waals surface area contributed by atoms with Gasteiger partial charge in [-0.2, -0.15) is 0 Å². The molecule has 0 unspecified atom stereocenters. The van der Waals surface area contributed by atoms with E-state index in [9.17, 15) is 5.11 Å². The highest BCUT2D eigenvalue weighted by Crippen LogP contribution is 2.33. The molecular weight excluding hydrogens is 202 g/mol. The van der Waals surface area contributed by atoms with Crippen LogP contribution in [0.25, 0.3) is 0 Å². The highest BCUT2D eigenvalue weighted by molar-refractivity contribution is 5.60. The van der Waals surface area contributed by atoms with E-state index in [1.54, 1.807) is 14.0 Å². The second kappa shape index (κ2) is 5.43. The maximum Gasteiger partial charge on any atom is 0.126 e. The summed E-state index contributed by atoms with van der Waals surface area (Å²) < 4.78 is 5.24. The molecule has 0 aliphatic heterocycles. The molecule has 16 heavy (non-hydrogen) atoms. The van der Waals surface area contributed by atoms with Gasteiger partial charge in [-0.1, -0.05) is 12.0 Å². The number of hydrogen-bond acceptors (Lipinski definition) is 3. The highest BCUT2D eigenvalue weighted by atomic mass is 16.5. The van der Waals surface area contributed by atoms with Gasteiger partial charge in [0.1, 0.15) is 5.75 Å². The first-order chi connectivity index (χ1) is 7.61. The smallest absolute Gasteiger partial charge is 0.126 e.